The molecular weight excluding hydrogens is 246 g/mol. The number of hydrogen-bond acceptors (Lipinski definition) is 4. The van der Waals surface area contributed by atoms with Crippen LogP contribution in [0.1, 0.15) is 22.4 Å². The highest BCUT2D eigenvalue weighted by Gasteiger charge is 2.13. The summed E-state index contributed by atoms with van der Waals surface area (Å²) in [6.45, 7) is 1.87. The molecule has 2 heterocycles. The van der Waals surface area contributed by atoms with Gasteiger partial charge in [0.1, 0.15) is 5.76 Å². The standard InChI is InChI=1S/C14H13NO2S/c1-9-6-10(8-17-9)12(16)7-14-15-11-4-2-3-5-13(11)18-14/h2-6,8,12,16H,7H2,1H3. The Hall–Kier alpha value is -1.65. The molecule has 4 heteroatoms. The fourth-order valence-corrected chi connectivity index (χ4v) is 2.93. The van der Waals surface area contributed by atoms with Crippen LogP contribution < -0.4 is 0 Å². The van der Waals surface area contributed by atoms with Crippen molar-refractivity contribution in [2.45, 2.75) is 19.4 Å². The van der Waals surface area contributed by atoms with Crippen LogP contribution in [0.4, 0.5) is 0 Å². The van der Waals surface area contributed by atoms with Crippen LogP contribution in [0.15, 0.2) is 41.0 Å². The number of nitrogens with zero attached hydrogens (tertiary/aromatic N) is 1. The zero-order chi connectivity index (χ0) is 12.5. The highest BCUT2D eigenvalue weighted by atomic mass is 32.1. The number of fused-ring (bicyclic) bond motifs is 1. The normalized spacial score (nSPS) is 13.0. The molecule has 1 aromatic carbocycles. The Balaban J connectivity index is 1.83. The van der Waals surface area contributed by atoms with Gasteiger partial charge in [0.15, 0.2) is 0 Å². The average Bonchev–Trinajstić information content (AvgIpc) is 2.94. The monoisotopic (exact) mass is 259 g/mol. The van der Waals surface area contributed by atoms with Gasteiger partial charge in [0, 0.05) is 12.0 Å². The molecule has 0 aliphatic heterocycles. The summed E-state index contributed by atoms with van der Waals surface area (Å²) < 4.78 is 6.36. The van der Waals surface area contributed by atoms with Crippen molar-refractivity contribution in [2.75, 3.05) is 0 Å². The number of para-hydroxylation sites is 1. The molecule has 3 aromatic rings. The van der Waals surface area contributed by atoms with Crippen LogP contribution in [0, 0.1) is 6.92 Å². The van der Waals surface area contributed by atoms with E-state index in [0.29, 0.717) is 6.42 Å². The third kappa shape index (κ3) is 2.17. The van der Waals surface area contributed by atoms with E-state index in [0.717, 1.165) is 26.5 Å². The Kier molecular flexibility index (Phi) is 2.89. The highest BCUT2D eigenvalue weighted by molar-refractivity contribution is 7.18. The molecule has 3 rings (SSSR count). The number of rotatable bonds is 3. The van der Waals surface area contributed by atoms with Crippen molar-refractivity contribution in [1.29, 1.82) is 0 Å². The van der Waals surface area contributed by atoms with Crippen LogP contribution in [-0.4, -0.2) is 10.1 Å². The molecule has 0 spiro atoms. The third-order valence-electron chi connectivity index (χ3n) is 2.84. The van der Waals surface area contributed by atoms with Gasteiger partial charge >= 0.3 is 0 Å². The second kappa shape index (κ2) is 4.55. The summed E-state index contributed by atoms with van der Waals surface area (Å²) in [5.74, 6) is 0.813. The van der Waals surface area contributed by atoms with Crippen molar-refractivity contribution in [3.63, 3.8) is 0 Å². The summed E-state index contributed by atoms with van der Waals surface area (Å²) in [7, 11) is 0. The molecule has 0 amide bonds. The van der Waals surface area contributed by atoms with E-state index in [1.165, 1.54) is 0 Å². The summed E-state index contributed by atoms with van der Waals surface area (Å²) in [4.78, 5) is 4.51. The van der Waals surface area contributed by atoms with E-state index in [2.05, 4.69) is 4.98 Å². The highest BCUT2D eigenvalue weighted by Crippen LogP contribution is 2.26. The lowest BCUT2D eigenvalue weighted by Gasteiger charge is -2.04. The van der Waals surface area contributed by atoms with Gasteiger partial charge in [-0.25, -0.2) is 4.98 Å². The summed E-state index contributed by atoms with van der Waals surface area (Å²) >= 11 is 1.63. The number of benzene rings is 1. The second-order valence-corrected chi connectivity index (χ2v) is 5.40. The molecule has 0 bridgehead atoms. The van der Waals surface area contributed by atoms with Crippen LogP contribution >= 0.6 is 11.3 Å². The Labute approximate surface area is 109 Å². The minimum atomic E-state index is -0.553. The van der Waals surface area contributed by atoms with Crippen molar-refractivity contribution in [1.82, 2.24) is 4.98 Å². The van der Waals surface area contributed by atoms with Gasteiger partial charge in [-0.3, -0.25) is 0 Å². The quantitative estimate of drug-likeness (QED) is 0.783. The molecule has 0 fully saturated rings. The van der Waals surface area contributed by atoms with Gasteiger partial charge in [-0.15, -0.1) is 11.3 Å². The van der Waals surface area contributed by atoms with Crippen LogP contribution in [0.2, 0.25) is 0 Å². The second-order valence-electron chi connectivity index (χ2n) is 4.29. The van der Waals surface area contributed by atoms with Crippen molar-refractivity contribution < 1.29 is 9.52 Å². The molecule has 0 saturated carbocycles. The number of aryl methyl sites for hydroxylation is 1. The first-order chi connectivity index (χ1) is 8.72. The fraction of sp³-hybridized carbons (Fsp3) is 0.214. The predicted molar refractivity (Wildman–Crippen MR) is 71.7 cm³/mol. The molecule has 0 aliphatic rings. The molecule has 0 aliphatic carbocycles. The van der Waals surface area contributed by atoms with Crippen LogP contribution in [0.5, 0.6) is 0 Å². The van der Waals surface area contributed by atoms with Gasteiger partial charge in [0.05, 0.1) is 27.6 Å². The van der Waals surface area contributed by atoms with Gasteiger partial charge in [-0.1, -0.05) is 12.1 Å². The average molecular weight is 259 g/mol. The maximum Gasteiger partial charge on any atom is 0.101 e. The number of aliphatic hydroxyl groups excluding tert-OH is 1. The number of aliphatic hydroxyl groups is 1. The molecule has 18 heavy (non-hydrogen) atoms. The molecule has 1 unspecified atom stereocenters. The Morgan fingerprint density at radius 2 is 2.22 bits per heavy atom. The lowest BCUT2D eigenvalue weighted by Crippen LogP contribution is -1.99. The first kappa shape index (κ1) is 11.4. The zero-order valence-electron chi connectivity index (χ0n) is 9.96. The lowest BCUT2D eigenvalue weighted by atomic mass is 10.1. The molecule has 2 aromatic heterocycles. The fourth-order valence-electron chi connectivity index (χ4n) is 1.93. The smallest absolute Gasteiger partial charge is 0.101 e. The number of furan rings is 1. The maximum absolute atomic E-state index is 10.1. The van der Waals surface area contributed by atoms with Crippen LogP contribution in [0.3, 0.4) is 0 Å². The Bertz CT molecular complexity index is 638. The molecule has 3 nitrogen and oxygen atoms in total. The summed E-state index contributed by atoms with van der Waals surface area (Å²) in [5.41, 5.74) is 1.81. The molecule has 1 N–H and O–H groups in total. The largest absolute Gasteiger partial charge is 0.469 e. The van der Waals surface area contributed by atoms with E-state index in [1.807, 2.05) is 37.3 Å². The topological polar surface area (TPSA) is 46.3 Å². The van der Waals surface area contributed by atoms with Gasteiger partial charge in [-0.2, -0.15) is 0 Å². The molecular formula is C14H13NO2S. The van der Waals surface area contributed by atoms with Crippen molar-refractivity contribution in [2.24, 2.45) is 0 Å². The van der Waals surface area contributed by atoms with E-state index in [9.17, 15) is 5.11 Å². The minimum absolute atomic E-state index is 0.526. The van der Waals surface area contributed by atoms with Crippen molar-refractivity contribution >= 4 is 21.6 Å². The van der Waals surface area contributed by atoms with E-state index in [4.69, 9.17) is 4.42 Å². The van der Waals surface area contributed by atoms with E-state index in [-0.39, 0.29) is 0 Å². The van der Waals surface area contributed by atoms with Crippen molar-refractivity contribution in [3.8, 4) is 0 Å². The Morgan fingerprint density at radius 1 is 1.39 bits per heavy atom. The van der Waals surface area contributed by atoms with Gasteiger partial charge in [-0.05, 0) is 25.1 Å². The lowest BCUT2D eigenvalue weighted by molar-refractivity contribution is 0.177. The van der Waals surface area contributed by atoms with E-state index >= 15 is 0 Å². The van der Waals surface area contributed by atoms with E-state index < -0.39 is 6.10 Å². The van der Waals surface area contributed by atoms with Crippen molar-refractivity contribution in [3.05, 3.63) is 52.9 Å². The summed E-state index contributed by atoms with van der Waals surface area (Å²) in [5, 5.41) is 11.1. The number of hydrogen-bond donors (Lipinski definition) is 1. The number of aromatic nitrogens is 1. The number of thiazole rings is 1. The molecule has 0 radical (unpaired) electrons. The maximum atomic E-state index is 10.1. The van der Waals surface area contributed by atoms with Gasteiger partial charge in [0.25, 0.3) is 0 Å². The zero-order valence-corrected chi connectivity index (χ0v) is 10.8. The summed E-state index contributed by atoms with van der Waals surface area (Å²) in [6.07, 6.45) is 1.58. The molecule has 0 saturated heterocycles. The third-order valence-corrected chi connectivity index (χ3v) is 3.90. The van der Waals surface area contributed by atoms with Crippen LogP contribution in [-0.2, 0) is 6.42 Å². The molecule has 92 valence electrons. The minimum Gasteiger partial charge on any atom is -0.469 e. The SMILES string of the molecule is Cc1cc(C(O)Cc2nc3ccccc3s2)co1. The predicted octanol–water partition coefficient (Wildman–Crippen LogP) is 3.47. The summed E-state index contributed by atoms with van der Waals surface area (Å²) in [6, 6.07) is 9.87. The molecule has 1 atom stereocenters. The van der Waals surface area contributed by atoms with Crippen LogP contribution in [0.25, 0.3) is 10.2 Å². The van der Waals surface area contributed by atoms with Gasteiger partial charge in [0.2, 0.25) is 0 Å². The van der Waals surface area contributed by atoms with E-state index in [1.54, 1.807) is 17.6 Å². The first-order valence-electron chi connectivity index (χ1n) is 5.80. The van der Waals surface area contributed by atoms with Gasteiger partial charge < -0.3 is 9.52 Å². The first-order valence-corrected chi connectivity index (χ1v) is 6.61. The Morgan fingerprint density at radius 3 is 2.94 bits per heavy atom.